The van der Waals surface area contributed by atoms with Gasteiger partial charge in [0.15, 0.2) is 5.75 Å². The first-order valence-electron chi connectivity index (χ1n) is 6.58. The summed E-state index contributed by atoms with van der Waals surface area (Å²) in [4.78, 5) is 24.2. The molecule has 2 amide bonds. The number of hydrogen-bond donors (Lipinski definition) is 2. The molecule has 0 atom stereocenters. The molecule has 118 valence electrons. The molecule has 3 rings (SSSR count). The van der Waals surface area contributed by atoms with Crippen molar-refractivity contribution in [2.45, 2.75) is 0 Å². The summed E-state index contributed by atoms with van der Waals surface area (Å²) >= 11 is 0. The van der Waals surface area contributed by atoms with Gasteiger partial charge in [-0.15, -0.1) is 0 Å². The molecule has 0 radical (unpaired) electrons. The molecule has 0 unspecified atom stereocenters. The van der Waals surface area contributed by atoms with Crippen LogP contribution in [0.15, 0.2) is 42.5 Å². The van der Waals surface area contributed by atoms with Crippen molar-refractivity contribution in [3.63, 3.8) is 0 Å². The predicted octanol–water partition coefficient (Wildman–Crippen LogP) is 1.73. The van der Waals surface area contributed by atoms with Gasteiger partial charge in [-0.2, -0.15) is 0 Å². The highest BCUT2D eigenvalue weighted by Gasteiger charge is 2.22. The van der Waals surface area contributed by atoms with Gasteiger partial charge in [0.1, 0.15) is 5.75 Å². The molecule has 0 spiro atoms. The Morgan fingerprint density at radius 2 is 1.87 bits per heavy atom. The second-order valence-corrected chi connectivity index (χ2v) is 6.72. The number of nitrogens with one attached hydrogen (secondary N) is 2. The van der Waals surface area contributed by atoms with Crippen LogP contribution in [0.5, 0.6) is 11.5 Å². The summed E-state index contributed by atoms with van der Waals surface area (Å²) < 4.78 is 29.8. The lowest BCUT2D eigenvalue weighted by molar-refractivity contribution is 0.0981. The number of para-hydroxylation sites is 2. The molecule has 0 aromatic heterocycles. The number of amides is 2. The average Bonchev–Trinajstić information content (AvgIpc) is 2.61. The van der Waals surface area contributed by atoms with E-state index in [2.05, 4.69) is 5.32 Å². The van der Waals surface area contributed by atoms with Gasteiger partial charge >= 0.3 is 0 Å². The molecule has 23 heavy (non-hydrogen) atoms. The van der Waals surface area contributed by atoms with Crippen LogP contribution in [0.2, 0.25) is 0 Å². The summed E-state index contributed by atoms with van der Waals surface area (Å²) in [6.45, 7) is 0. The number of rotatable bonds is 2. The Morgan fingerprint density at radius 3 is 2.61 bits per heavy atom. The minimum Gasteiger partial charge on any atom is -0.454 e. The highest BCUT2D eigenvalue weighted by atomic mass is 32.2. The van der Waals surface area contributed by atoms with Crippen molar-refractivity contribution < 1.29 is 22.7 Å². The van der Waals surface area contributed by atoms with Crippen LogP contribution < -0.4 is 14.8 Å². The fourth-order valence-corrected chi connectivity index (χ4v) is 2.59. The molecule has 2 N–H and O–H groups in total. The molecular weight excluding hydrogens is 320 g/mol. The monoisotopic (exact) mass is 332 g/mol. The summed E-state index contributed by atoms with van der Waals surface area (Å²) in [5.74, 6) is -0.500. The Bertz CT molecular complexity index is 921. The molecule has 0 bridgehead atoms. The van der Waals surface area contributed by atoms with E-state index in [1.54, 1.807) is 24.3 Å². The van der Waals surface area contributed by atoms with Crippen molar-refractivity contribution >= 4 is 27.5 Å². The lowest BCUT2D eigenvalue weighted by Crippen LogP contribution is -2.29. The average molecular weight is 332 g/mol. The Morgan fingerprint density at radius 1 is 1.13 bits per heavy atom. The SMILES string of the molecule is CS(=O)(=O)NC(=O)c1ccc2c(c1)C(=O)Nc1ccccc1O2. The number of benzene rings is 2. The minimum absolute atomic E-state index is 0.0406. The van der Waals surface area contributed by atoms with Crippen LogP contribution in [0.3, 0.4) is 0 Å². The lowest BCUT2D eigenvalue weighted by Gasteiger charge is -2.08. The maximum Gasteiger partial charge on any atom is 0.264 e. The Labute approximate surface area is 132 Å². The number of carbonyl (C=O) groups is 2. The zero-order valence-electron chi connectivity index (χ0n) is 12.0. The maximum absolute atomic E-state index is 12.3. The Hall–Kier alpha value is -2.87. The standard InChI is InChI=1S/C15H12N2O5S/c1-23(20,21)17-14(18)9-6-7-12-10(8-9)15(19)16-11-4-2-3-5-13(11)22-12/h2-8H,1H3,(H,16,19)(H,17,18). The summed E-state index contributed by atoms with van der Waals surface area (Å²) in [6, 6.07) is 11.0. The van der Waals surface area contributed by atoms with Crippen LogP contribution in [0, 0.1) is 0 Å². The van der Waals surface area contributed by atoms with Crippen LogP contribution in [0.25, 0.3) is 0 Å². The first-order chi connectivity index (χ1) is 10.8. The van der Waals surface area contributed by atoms with Gasteiger partial charge in [-0.25, -0.2) is 13.1 Å². The molecule has 7 nitrogen and oxygen atoms in total. The van der Waals surface area contributed by atoms with Crippen LogP contribution in [0.4, 0.5) is 5.69 Å². The molecule has 0 saturated carbocycles. The first-order valence-corrected chi connectivity index (χ1v) is 8.47. The number of ether oxygens (including phenoxy) is 1. The van der Waals surface area contributed by atoms with Gasteiger partial charge in [0.05, 0.1) is 17.5 Å². The van der Waals surface area contributed by atoms with Crippen molar-refractivity contribution in [3.8, 4) is 11.5 Å². The van der Waals surface area contributed by atoms with E-state index in [9.17, 15) is 18.0 Å². The van der Waals surface area contributed by atoms with Crippen LogP contribution >= 0.6 is 0 Å². The summed E-state index contributed by atoms with van der Waals surface area (Å²) in [5.41, 5.74) is 0.692. The Kier molecular flexibility index (Phi) is 3.53. The van der Waals surface area contributed by atoms with E-state index >= 15 is 0 Å². The van der Waals surface area contributed by atoms with Gasteiger partial charge in [-0.1, -0.05) is 12.1 Å². The summed E-state index contributed by atoms with van der Waals surface area (Å²) in [7, 11) is -3.69. The van der Waals surface area contributed by atoms with E-state index in [0.717, 1.165) is 6.26 Å². The van der Waals surface area contributed by atoms with Gasteiger partial charge in [0.25, 0.3) is 11.8 Å². The quantitative estimate of drug-likeness (QED) is 0.872. The van der Waals surface area contributed by atoms with E-state index in [1.807, 2.05) is 4.72 Å². The van der Waals surface area contributed by atoms with Crippen molar-refractivity contribution in [1.82, 2.24) is 4.72 Å². The molecule has 1 aliphatic rings. The number of fused-ring (bicyclic) bond motifs is 2. The number of sulfonamides is 1. The van der Waals surface area contributed by atoms with E-state index in [0.29, 0.717) is 11.4 Å². The number of anilines is 1. The number of carbonyl (C=O) groups excluding carboxylic acids is 2. The van der Waals surface area contributed by atoms with Crippen molar-refractivity contribution in [2.75, 3.05) is 11.6 Å². The molecule has 2 aromatic rings. The molecule has 1 heterocycles. The van der Waals surface area contributed by atoms with Gasteiger partial charge < -0.3 is 10.1 Å². The van der Waals surface area contributed by atoms with Gasteiger partial charge in [-0.3, -0.25) is 9.59 Å². The zero-order valence-corrected chi connectivity index (χ0v) is 12.8. The topological polar surface area (TPSA) is 102 Å². The third-order valence-electron chi connectivity index (χ3n) is 3.12. The van der Waals surface area contributed by atoms with E-state index in [1.165, 1.54) is 18.2 Å². The highest BCUT2D eigenvalue weighted by molar-refractivity contribution is 7.89. The third-order valence-corrected chi connectivity index (χ3v) is 3.68. The first kappa shape index (κ1) is 15.0. The fourth-order valence-electron chi connectivity index (χ4n) is 2.13. The molecule has 8 heteroatoms. The smallest absolute Gasteiger partial charge is 0.264 e. The van der Waals surface area contributed by atoms with Gasteiger partial charge in [-0.05, 0) is 30.3 Å². The van der Waals surface area contributed by atoms with Crippen LogP contribution in [0.1, 0.15) is 20.7 Å². The third kappa shape index (κ3) is 3.16. The van der Waals surface area contributed by atoms with Crippen molar-refractivity contribution in [1.29, 1.82) is 0 Å². The maximum atomic E-state index is 12.3. The normalized spacial score (nSPS) is 13.0. The van der Waals surface area contributed by atoms with Crippen LogP contribution in [-0.2, 0) is 10.0 Å². The summed E-state index contributed by atoms with van der Waals surface area (Å²) in [6.07, 6.45) is 0.876. The molecule has 1 aliphatic heterocycles. The van der Waals surface area contributed by atoms with E-state index in [4.69, 9.17) is 4.74 Å². The van der Waals surface area contributed by atoms with Crippen LogP contribution in [-0.4, -0.2) is 26.5 Å². The zero-order chi connectivity index (χ0) is 16.6. The molecule has 0 saturated heterocycles. The fraction of sp³-hybridized carbons (Fsp3) is 0.0667. The Balaban J connectivity index is 2.00. The second kappa shape index (κ2) is 5.40. The van der Waals surface area contributed by atoms with Gasteiger partial charge in [0, 0.05) is 5.56 Å². The minimum atomic E-state index is -3.69. The largest absolute Gasteiger partial charge is 0.454 e. The van der Waals surface area contributed by atoms with Crippen molar-refractivity contribution in [2.24, 2.45) is 0 Å². The highest BCUT2D eigenvalue weighted by Crippen LogP contribution is 2.35. The van der Waals surface area contributed by atoms with Crippen molar-refractivity contribution in [3.05, 3.63) is 53.6 Å². The molecule has 0 fully saturated rings. The summed E-state index contributed by atoms with van der Waals surface area (Å²) in [5, 5.41) is 2.68. The number of hydrogen-bond acceptors (Lipinski definition) is 5. The predicted molar refractivity (Wildman–Crippen MR) is 83.2 cm³/mol. The molecule has 2 aromatic carbocycles. The lowest BCUT2D eigenvalue weighted by atomic mass is 10.1. The molecule has 0 aliphatic carbocycles. The second-order valence-electron chi connectivity index (χ2n) is 4.97. The molecular formula is C15H12N2O5S. The van der Waals surface area contributed by atoms with E-state index in [-0.39, 0.29) is 16.9 Å². The van der Waals surface area contributed by atoms with Gasteiger partial charge in [0.2, 0.25) is 10.0 Å². The van der Waals surface area contributed by atoms with E-state index < -0.39 is 21.8 Å².